The molecule has 0 aliphatic carbocycles. The number of allylic oxidation sites excluding steroid dienone is 2. The smallest absolute Gasteiger partial charge is 0.314 e. The Labute approximate surface area is 183 Å². The van der Waals surface area contributed by atoms with Crippen molar-refractivity contribution in [2.45, 2.75) is 89.7 Å². The van der Waals surface area contributed by atoms with Gasteiger partial charge in [0.1, 0.15) is 17.6 Å². The number of rotatable bonds is 8. The van der Waals surface area contributed by atoms with Crippen LogP contribution in [0, 0.1) is 11.3 Å². The number of aliphatic hydroxyl groups is 1. The second kappa shape index (κ2) is 9.40. The first kappa shape index (κ1) is 23.9. The van der Waals surface area contributed by atoms with Crippen LogP contribution in [0.15, 0.2) is 24.3 Å². The summed E-state index contributed by atoms with van der Waals surface area (Å²) < 4.78 is 23.3. The van der Waals surface area contributed by atoms with E-state index in [0.29, 0.717) is 19.3 Å². The van der Waals surface area contributed by atoms with E-state index in [4.69, 9.17) is 18.9 Å². The molecular weight excluding hydrogens is 404 g/mol. The molecule has 8 heteroatoms. The largest absolute Gasteiger partial charge is 0.481 e. The first-order chi connectivity index (χ1) is 14.6. The zero-order valence-corrected chi connectivity index (χ0v) is 18.7. The Balaban J connectivity index is 1.44. The number of carboxylic acids is 1. The number of ether oxygens (including phenoxy) is 4. The quantitative estimate of drug-likeness (QED) is 0.439. The van der Waals surface area contributed by atoms with Crippen LogP contribution in [0.2, 0.25) is 0 Å². The van der Waals surface area contributed by atoms with Crippen molar-refractivity contribution >= 4 is 11.9 Å². The molecule has 0 aromatic carbocycles. The molecule has 3 aliphatic heterocycles. The number of hydrogen-bond donors (Lipinski definition) is 2. The van der Waals surface area contributed by atoms with Gasteiger partial charge in [-0.15, -0.1) is 0 Å². The first-order valence-electron chi connectivity index (χ1n) is 11.0. The van der Waals surface area contributed by atoms with Gasteiger partial charge in [-0.3, -0.25) is 9.59 Å². The second-order valence-electron chi connectivity index (χ2n) is 9.25. The number of aliphatic hydroxyl groups excluding tert-OH is 1. The molecule has 3 aliphatic rings. The molecule has 1 spiro atoms. The number of carboxylic acid groups (broad SMARTS) is 1. The second-order valence-corrected chi connectivity index (χ2v) is 9.25. The topological polar surface area (TPSA) is 112 Å². The molecule has 3 heterocycles. The minimum absolute atomic E-state index is 0.110. The maximum atomic E-state index is 11.8. The average molecular weight is 439 g/mol. The van der Waals surface area contributed by atoms with Crippen LogP contribution in [0.1, 0.15) is 53.4 Å². The number of hydrogen-bond acceptors (Lipinski definition) is 7. The highest BCUT2D eigenvalue weighted by Gasteiger charge is 2.63. The molecule has 8 nitrogen and oxygen atoms in total. The van der Waals surface area contributed by atoms with Gasteiger partial charge >= 0.3 is 11.9 Å². The molecule has 0 aromatic heterocycles. The van der Waals surface area contributed by atoms with Crippen molar-refractivity contribution in [3.63, 3.8) is 0 Å². The van der Waals surface area contributed by atoms with E-state index in [0.717, 1.165) is 6.42 Å². The fourth-order valence-corrected chi connectivity index (χ4v) is 4.22. The van der Waals surface area contributed by atoms with Crippen molar-refractivity contribution in [2.75, 3.05) is 6.61 Å². The summed E-state index contributed by atoms with van der Waals surface area (Å²) in [7, 11) is 0. The molecule has 3 saturated heterocycles. The van der Waals surface area contributed by atoms with Gasteiger partial charge in [-0.2, -0.15) is 0 Å². The summed E-state index contributed by atoms with van der Waals surface area (Å²) in [5.74, 6) is -2.62. The molecule has 0 saturated carbocycles. The van der Waals surface area contributed by atoms with Gasteiger partial charge in [-0.1, -0.05) is 24.3 Å². The maximum Gasteiger partial charge on any atom is 0.314 e. The lowest BCUT2D eigenvalue weighted by Gasteiger charge is -2.29. The molecule has 2 N–H and O–H groups in total. The van der Waals surface area contributed by atoms with Gasteiger partial charge in [-0.25, -0.2) is 0 Å². The lowest BCUT2D eigenvalue weighted by Crippen LogP contribution is -2.42. The molecule has 8 atom stereocenters. The Kier molecular flexibility index (Phi) is 7.25. The third-order valence-electron chi connectivity index (χ3n) is 6.53. The molecule has 0 radical (unpaired) electrons. The van der Waals surface area contributed by atoms with Gasteiger partial charge in [0.15, 0.2) is 5.79 Å². The van der Waals surface area contributed by atoms with Crippen molar-refractivity contribution in [1.82, 2.24) is 0 Å². The zero-order chi connectivity index (χ0) is 22.8. The fourth-order valence-electron chi connectivity index (χ4n) is 4.22. The van der Waals surface area contributed by atoms with Crippen LogP contribution in [0.4, 0.5) is 0 Å². The van der Waals surface area contributed by atoms with Crippen molar-refractivity contribution in [1.29, 1.82) is 0 Å². The van der Waals surface area contributed by atoms with Crippen LogP contribution in [0.3, 0.4) is 0 Å². The summed E-state index contributed by atoms with van der Waals surface area (Å²) in [6.07, 6.45) is 8.38. The van der Waals surface area contributed by atoms with E-state index >= 15 is 0 Å². The lowest BCUT2D eigenvalue weighted by atomic mass is 9.85. The number of carbonyl (C=O) groups is 2. The van der Waals surface area contributed by atoms with E-state index in [-0.39, 0.29) is 24.9 Å². The molecule has 0 amide bonds. The van der Waals surface area contributed by atoms with E-state index in [9.17, 15) is 19.8 Å². The standard InChI is InChI=1S/C23H34O8/c1-14(29-20(25)15(2)16(3)24)8-6-5-7-9-17-10-11-23(30-17)12-18-19(31-23)22(4,13-28-18)21(26)27/h5-7,9,14-19,24H,8,10-13H2,1-4H3,(H,26,27)/b6-5-,9-7+/t14?,15?,16?,17-,18-,19+,22-,23-/m0/s1. The predicted molar refractivity (Wildman–Crippen MR) is 111 cm³/mol. The highest BCUT2D eigenvalue weighted by Crippen LogP contribution is 2.51. The normalized spacial score (nSPS) is 38.0. The Hall–Kier alpha value is -1.74. The Morgan fingerprint density at radius 2 is 1.97 bits per heavy atom. The summed E-state index contributed by atoms with van der Waals surface area (Å²) in [6.45, 7) is 6.85. The first-order valence-corrected chi connectivity index (χ1v) is 11.0. The van der Waals surface area contributed by atoms with Crippen LogP contribution < -0.4 is 0 Å². The lowest BCUT2D eigenvalue weighted by molar-refractivity contribution is -0.225. The van der Waals surface area contributed by atoms with Crippen LogP contribution in [-0.2, 0) is 28.5 Å². The highest BCUT2D eigenvalue weighted by atomic mass is 16.7. The molecule has 31 heavy (non-hydrogen) atoms. The Bertz CT molecular complexity index is 731. The molecule has 0 aromatic rings. The Morgan fingerprint density at radius 1 is 1.23 bits per heavy atom. The molecule has 3 rings (SSSR count). The SMILES string of the molecule is CC(C/C=C\C=C\[C@H]1CC[C@]2(C[C@@H]3OC[C@](C)(C(=O)O)[C@@H]3O2)O1)OC(=O)C(C)C(C)O. The van der Waals surface area contributed by atoms with Gasteiger partial charge in [0.2, 0.25) is 0 Å². The monoisotopic (exact) mass is 438 g/mol. The third kappa shape index (κ3) is 5.19. The van der Waals surface area contributed by atoms with E-state index in [1.165, 1.54) is 0 Å². The molecule has 3 unspecified atom stereocenters. The maximum absolute atomic E-state index is 11.8. The van der Waals surface area contributed by atoms with Crippen molar-refractivity contribution in [3.8, 4) is 0 Å². The fraction of sp³-hybridized carbons (Fsp3) is 0.739. The Morgan fingerprint density at radius 3 is 2.65 bits per heavy atom. The summed E-state index contributed by atoms with van der Waals surface area (Å²) in [5, 5.41) is 19.0. The van der Waals surface area contributed by atoms with Gasteiger partial charge in [0.25, 0.3) is 0 Å². The van der Waals surface area contributed by atoms with Crippen molar-refractivity contribution < 1.29 is 38.7 Å². The minimum Gasteiger partial charge on any atom is -0.481 e. The predicted octanol–water partition coefficient (Wildman–Crippen LogP) is 2.59. The van der Waals surface area contributed by atoms with E-state index < -0.39 is 41.3 Å². The number of aliphatic carboxylic acids is 1. The van der Waals surface area contributed by atoms with Gasteiger partial charge in [-0.05, 0) is 34.1 Å². The number of fused-ring (bicyclic) bond motifs is 1. The van der Waals surface area contributed by atoms with Crippen LogP contribution in [-0.4, -0.2) is 65.1 Å². The van der Waals surface area contributed by atoms with Crippen LogP contribution in [0.5, 0.6) is 0 Å². The van der Waals surface area contributed by atoms with Crippen molar-refractivity contribution in [2.24, 2.45) is 11.3 Å². The van der Waals surface area contributed by atoms with Crippen LogP contribution >= 0.6 is 0 Å². The summed E-state index contributed by atoms with van der Waals surface area (Å²) >= 11 is 0. The van der Waals surface area contributed by atoms with E-state index in [1.54, 1.807) is 20.8 Å². The van der Waals surface area contributed by atoms with Gasteiger partial charge in [0, 0.05) is 19.3 Å². The van der Waals surface area contributed by atoms with Crippen LogP contribution in [0.25, 0.3) is 0 Å². The number of esters is 1. The summed E-state index contributed by atoms with van der Waals surface area (Å²) in [4.78, 5) is 23.5. The molecule has 0 bridgehead atoms. The molecule has 3 fully saturated rings. The van der Waals surface area contributed by atoms with Crippen molar-refractivity contribution in [3.05, 3.63) is 24.3 Å². The molecular formula is C23H34O8. The summed E-state index contributed by atoms with van der Waals surface area (Å²) in [5.41, 5.74) is -1.04. The third-order valence-corrected chi connectivity index (χ3v) is 6.53. The highest BCUT2D eigenvalue weighted by molar-refractivity contribution is 5.76. The minimum atomic E-state index is -1.04. The summed E-state index contributed by atoms with van der Waals surface area (Å²) in [6, 6.07) is 0. The number of carbonyl (C=O) groups excluding carboxylic acids is 1. The zero-order valence-electron chi connectivity index (χ0n) is 18.7. The van der Waals surface area contributed by atoms with Gasteiger partial charge in [0.05, 0.1) is 30.8 Å². The van der Waals surface area contributed by atoms with E-state index in [2.05, 4.69) is 0 Å². The molecule has 174 valence electrons. The average Bonchev–Trinajstić information content (AvgIpc) is 3.36. The van der Waals surface area contributed by atoms with Gasteiger partial charge < -0.3 is 29.2 Å². The van der Waals surface area contributed by atoms with E-state index in [1.807, 2.05) is 31.2 Å².